The Morgan fingerprint density at radius 1 is 1.43 bits per heavy atom. The first-order valence-corrected chi connectivity index (χ1v) is 8.01. The lowest BCUT2D eigenvalue weighted by Gasteiger charge is -2.04. The first kappa shape index (κ1) is 13.8. The number of methoxy groups -OCH3 is 1. The number of sulfonamides is 1. The number of benzene rings is 1. The van der Waals surface area contributed by atoms with E-state index in [4.69, 9.17) is 9.88 Å². The molecule has 3 rings (SSSR count). The van der Waals surface area contributed by atoms with Gasteiger partial charge >= 0.3 is 0 Å². The highest BCUT2D eigenvalue weighted by Crippen LogP contribution is 2.31. The summed E-state index contributed by atoms with van der Waals surface area (Å²) in [5.41, 5.74) is 1.28. The minimum Gasteiger partial charge on any atom is -0.504 e. The van der Waals surface area contributed by atoms with Gasteiger partial charge in [0.2, 0.25) is 9.30 Å². The van der Waals surface area contributed by atoms with E-state index in [9.17, 15) is 13.5 Å². The third-order valence-corrected chi connectivity index (χ3v) is 4.98. The molecule has 0 amide bonds. The molecule has 0 spiro atoms. The largest absolute Gasteiger partial charge is 0.504 e. The van der Waals surface area contributed by atoms with Crippen molar-refractivity contribution >= 4 is 26.3 Å². The van der Waals surface area contributed by atoms with Gasteiger partial charge in [0.15, 0.2) is 11.5 Å². The van der Waals surface area contributed by atoms with Crippen molar-refractivity contribution in [2.45, 2.75) is 4.34 Å². The first-order chi connectivity index (χ1) is 9.88. The molecule has 0 aliphatic rings. The summed E-state index contributed by atoms with van der Waals surface area (Å²) in [7, 11) is -2.39. The Kier molecular flexibility index (Phi) is 3.08. The minimum absolute atomic E-state index is 0.0249. The Bertz CT molecular complexity index is 898. The Labute approximate surface area is 123 Å². The zero-order chi connectivity index (χ0) is 15.2. The molecule has 0 atom stereocenters. The number of rotatable bonds is 3. The van der Waals surface area contributed by atoms with Gasteiger partial charge in [-0.3, -0.25) is 0 Å². The molecule has 21 heavy (non-hydrogen) atoms. The second-order valence-electron chi connectivity index (χ2n) is 4.15. The number of hydrogen-bond acceptors (Lipinski definition) is 7. The number of phenolic OH excluding ortho intramolecular Hbond substituents is 1. The summed E-state index contributed by atoms with van der Waals surface area (Å²) in [6.07, 6.45) is 1.58. The molecule has 0 saturated carbocycles. The molecular formula is C11H10N4O4S2. The van der Waals surface area contributed by atoms with Crippen LogP contribution in [-0.2, 0) is 10.0 Å². The quantitative estimate of drug-likeness (QED) is 0.735. The van der Waals surface area contributed by atoms with E-state index < -0.39 is 10.0 Å². The molecule has 8 nitrogen and oxygen atoms in total. The van der Waals surface area contributed by atoms with Crippen molar-refractivity contribution in [2.75, 3.05) is 7.11 Å². The van der Waals surface area contributed by atoms with E-state index in [1.807, 2.05) is 0 Å². The number of nitrogens with zero attached hydrogens (tertiary/aromatic N) is 3. The lowest BCUT2D eigenvalue weighted by atomic mass is 10.1. The van der Waals surface area contributed by atoms with Crippen LogP contribution in [0.3, 0.4) is 0 Å². The fourth-order valence-corrected chi connectivity index (χ4v) is 3.28. The Hall–Kier alpha value is -2.17. The van der Waals surface area contributed by atoms with Crippen molar-refractivity contribution in [3.63, 3.8) is 0 Å². The summed E-state index contributed by atoms with van der Waals surface area (Å²) < 4.78 is 28.6. The second-order valence-corrected chi connectivity index (χ2v) is 6.84. The van der Waals surface area contributed by atoms with Gasteiger partial charge in [0.25, 0.3) is 10.0 Å². The highest BCUT2D eigenvalue weighted by molar-refractivity contribution is 7.91. The Morgan fingerprint density at radius 3 is 2.81 bits per heavy atom. The lowest BCUT2D eigenvalue weighted by Crippen LogP contribution is -2.12. The second kappa shape index (κ2) is 4.69. The van der Waals surface area contributed by atoms with Crippen LogP contribution in [0.4, 0.5) is 0 Å². The number of hydrogen-bond donors (Lipinski definition) is 2. The maximum absolute atomic E-state index is 11.2. The molecule has 0 unspecified atom stereocenters. The average Bonchev–Trinajstić information content (AvgIpc) is 2.96. The fraction of sp³-hybridized carbons (Fsp3) is 0.0909. The van der Waals surface area contributed by atoms with Gasteiger partial charge in [0, 0.05) is 5.56 Å². The van der Waals surface area contributed by atoms with Gasteiger partial charge in [-0.05, 0) is 18.2 Å². The third kappa shape index (κ3) is 2.44. The van der Waals surface area contributed by atoms with E-state index in [0.717, 1.165) is 11.3 Å². The number of aromatic hydroxyl groups is 1. The van der Waals surface area contributed by atoms with E-state index in [1.165, 1.54) is 17.7 Å². The van der Waals surface area contributed by atoms with Gasteiger partial charge in [0.1, 0.15) is 0 Å². The van der Waals surface area contributed by atoms with Gasteiger partial charge in [-0.15, -0.1) is 5.10 Å². The van der Waals surface area contributed by atoms with E-state index in [0.29, 0.717) is 22.0 Å². The molecule has 3 N–H and O–H groups in total. The average molecular weight is 326 g/mol. The summed E-state index contributed by atoms with van der Waals surface area (Å²) in [5, 5.41) is 18.5. The number of fused-ring (bicyclic) bond motifs is 1. The molecule has 0 aliphatic carbocycles. The number of phenols is 1. The van der Waals surface area contributed by atoms with E-state index in [-0.39, 0.29) is 10.1 Å². The summed E-state index contributed by atoms with van der Waals surface area (Å²) >= 11 is 0.880. The first-order valence-electron chi connectivity index (χ1n) is 5.65. The van der Waals surface area contributed by atoms with Crippen LogP contribution in [0.15, 0.2) is 28.7 Å². The standard InChI is InChI=1S/C11H10N4O4S2/c1-19-9-4-6(2-3-8(9)16)7-5-15-10(13-7)20-11(14-15)21(12,17)18/h2-5,16H,1H3,(H2,12,17,18). The van der Waals surface area contributed by atoms with Crippen molar-refractivity contribution in [1.29, 1.82) is 0 Å². The monoisotopic (exact) mass is 326 g/mol. The molecule has 3 aromatic rings. The predicted molar refractivity (Wildman–Crippen MR) is 75.9 cm³/mol. The number of nitrogens with two attached hydrogens (primary N) is 1. The van der Waals surface area contributed by atoms with Gasteiger partial charge < -0.3 is 9.84 Å². The maximum atomic E-state index is 11.2. The number of primary sulfonamides is 1. The smallest absolute Gasteiger partial charge is 0.267 e. The van der Waals surface area contributed by atoms with Crippen LogP contribution in [0.25, 0.3) is 16.2 Å². The summed E-state index contributed by atoms with van der Waals surface area (Å²) in [6.45, 7) is 0. The SMILES string of the molecule is COc1cc(-c2cn3nc(S(N)(=O)=O)sc3n2)ccc1O. The van der Waals surface area contributed by atoms with Crippen molar-refractivity contribution in [3.8, 4) is 22.8 Å². The van der Waals surface area contributed by atoms with Gasteiger partial charge in [-0.25, -0.2) is 23.1 Å². The zero-order valence-electron chi connectivity index (χ0n) is 10.7. The van der Waals surface area contributed by atoms with Crippen LogP contribution in [0.1, 0.15) is 0 Å². The molecule has 0 bridgehead atoms. The summed E-state index contributed by atoms with van der Waals surface area (Å²) in [4.78, 5) is 4.69. The van der Waals surface area contributed by atoms with Gasteiger partial charge in [0.05, 0.1) is 19.0 Å². The van der Waals surface area contributed by atoms with E-state index in [1.54, 1.807) is 18.3 Å². The van der Waals surface area contributed by atoms with Gasteiger partial charge in [-0.2, -0.15) is 0 Å². The van der Waals surface area contributed by atoms with E-state index in [2.05, 4.69) is 10.1 Å². The highest BCUT2D eigenvalue weighted by atomic mass is 32.2. The third-order valence-electron chi connectivity index (χ3n) is 2.74. The Balaban J connectivity index is 2.08. The van der Waals surface area contributed by atoms with Crippen LogP contribution < -0.4 is 9.88 Å². The molecule has 0 aliphatic heterocycles. The number of imidazole rings is 1. The van der Waals surface area contributed by atoms with Crippen LogP contribution in [-0.4, -0.2) is 35.2 Å². The van der Waals surface area contributed by atoms with Crippen LogP contribution in [0, 0.1) is 0 Å². The molecule has 10 heteroatoms. The van der Waals surface area contributed by atoms with Crippen molar-refractivity contribution in [2.24, 2.45) is 5.14 Å². The van der Waals surface area contributed by atoms with Crippen LogP contribution >= 0.6 is 11.3 Å². The lowest BCUT2D eigenvalue weighted by molar-refractivity contribution is 0.373. The number of aromatic nitrogens is 3. The molecule has 110 valence electrons. The van der Waals surface area contributed by atoms with Crippen molar-refractivity contribution < 1.29 is 18.3 Å². The molecule has 0 fully saturated rings. The molecule has 2 aromatic heterocycles. The molecule has 0 radical (unpaired) electrons. The maximum Gasteiger partial charge on any atom is 0.267 e. The topological polar surface area (TPSA) is 120 Å². The van der Waals surface area contributed by atoms with Crippen molar-refractivity contribution in [1.82, 2.24) is 14.6 Å². The zero-order valence-corrected chi connectivity index (χ0v) is 12.3. The summed E-state index contributed by atoms with van der Waals surface area (Å²) in [5.74, 6) is 0.346. The fourth-order valence-electron chi connectivity index (χ4n) is 1.77. The van der Waals surface area contributed by atoms with Crippen molar-refractivity contribution in [3.05, 3.63) is 24.4 Å². The molecule has 1 aromatic carbocycles. The number of ether oxygens (including phenoxy) is 1. The molecular weight excluding hydrogens is 316 g/mol. The van der Waals surface area contributed by atoms with Crippen LogP contribution in [0.5, 0.6) is 11.5 Å². The summed E-state index contributed by atoms with van der Waals surface area (Å²) in [6, 6.07) is 4.79. The predicted octanol–water partition coefficient (Wildman–Crippen LogP) is 0.819. The Morgan fingerprint density at radius 2 is 2.19 bits per heavy atom. The molecule has 2 heterocycles. The highest BCUT2D eigenvalue weighted by Gasteiger charge is 2.17. The van der Waals surface area contributed by atoms with E-state index >= 15 is 0 Å². The van der Waals surface area contributed by atoms with Gasteiger partial charge in [-0.1, -0.05) is 11.3 Å². The normalized spacial score (nSPS) is 11.9. The van der Waals surface area contributed by atoms with Crippen LogP contribution in [0.2, 0.25) is 0 Å². The minimum atomic E-state index is -3.83. The molecule has 0 saturated heterocycles.